The molecular weight excluding hydrogens is 240 g/mol. The molecule has 1 aliphatic rings. The van der Waals surface area contributed by atoms with Crippen molar-refractivity contribution >= 4 is 11.5 Å². The molecular formula is C14H26N4O. The topological polar surface area (TPSA) is 56.3 Å². The second kappa shape index (κ2) is 5.82. The van der Waals surface area contributed by atoms with Crippen molar-refractivity contribution in [1.29, 1.82) is 0 Å². The zero-order valence-electron chi connectivity index (χ0n) is 12.5. The third-order valence-corrected chi connectivity index (χ3v) is 3.85. The summed E-state index contributed by atoms with van der Waals surface area (Å²) in [5.41, 5.74) is 8.15. The maximum absolute atomic E-state index is 6.30. The van der Waals surface area contributed by atoms with Gasteiger partial charge in [0, 0.05) is 27.2 Å². The molecule has 2 N–H and O–H groups in total. The Morgan fingerprint density at radius 1 is 1.47 bits per heavy atom. The highest BCUT2D eigenvalue weighted by molar-refractivity contribution is 5.67. The number of aromatic nitrogens is 2. The van der Waals surface area contributed by atoms with Crippen LogP contribution < -0.4 is 10.6 Å². The van der Waals surface area contributed by atoms with E-state index in [0.29, 0.717) is 11.8 Å². The smallest absolute Gasteiger partial charge is 0.150 e. The van der Waals surface area contributed by atoms with Crippen molar-refractivity contribution in [2.24, 2.45) is 13.0 Å². The molecule has 1 aromatic heterocycles. The van der Waals surface area contributed by atoms with Crippen LogP contribution in [0.2, 0.25) is 0 Å². The summed E-state index contributed by atoms with van der Waals surface area (Å²) in [6.45, 7) is 7.15. The average Bonchev–Trinajstić information content (AvgIpc) is 2.66. The molecule has 1 aromatic rings. The quantitative estimate of drug-likeness (QED) is 0.905. The van der Waals surface area contributed by atoms with Crippen molar-refractivity contribution in [3.8, 4) is 0 Å². The predicted octanol–water partition coefficient (Wildman–Crippen LogP) is 1.99. The van der Waals surface area contributed by atoms with Crippen LogP contribution in [0.15, 0.2) is 0 Å². The first-order valence-electron chi connectivity index (χ1n) is 7.10. The predicted molar refractivity (Wildman–Crippen MR) is 78.5 cm³/mol. The van der Waals surface area contributed by atoms with Gasteiger partial charge in [-0.15, -0.1) is 0 Å². The molecule has 19 heavy (non-hydrogen) atoms. The lowest BCUT2D eigenvalue weighted by Gasteiger charge is -2.34. The molecule has 0 spiro atoms. The minimum atomic E-state index is 0.361. The molecule has 0 aliphatic carbocycles. The maximum Gasteiger partial charge on any atom is 0.150 e. The molecule has 0 bridgehead atoms. The van der Waals surface area contributed by atoms with Gasteiger partial charge in [-0.25, -0.2) is 0 Å². The fourth-order valence-corrected chi connectivity index (χ4v) is 2.98. The first kappa shape index (κ1) is 14.2. The van der Waals surface area contributed by atoms with E-state index < -0.39 is 0 Å². The second-order valence-electron chi connectivity index (χ2n) is 5.81. The summed E-state index contributed by atoms with van der Waals surface area (Å²) >= 11 is 0. The van der Waals surface area contributed by atoms with E-state index >= 15 is 0 Å². The van der Waals surface area contributed by atoms with E-state index in [4.69, 9.17) is 10.5 Å². The van der Waals surface area contributed by atoms with Crippen molar-refractivity contribution in [3.63, 3.8) is 0 Å². The van der Waals surface area contributed by atoms with E-state index in [1.54, 1.807) is 7.11 Å². The number of methoxy groups -OCH3 is 1. The van der Waals surface area contributed by atoms with Gasteiger partial charge in [0.1, 0.15) is 5.82 Å². The molecule has 0 radical (unpaired) electrons. The number of hydrogen-bond donors (Lipinski definition) is 1. The third-order valence-electron chi connectivity index (χ3n) is 3.85. The standard InChI is InChI=1S/C14H26N4O/c1-10(2)13-12(15)14(17(3)16-13)18-7-5-6-11(8-18)9-19-4/h10-11H,5-9,15H2,1-4H3. The van der Waals surface area contributed by atoms with Gasteiger partial charge in [-0.3, -0.25) is 4.68 Å². The Morgan fingerprint density at radius 2 is 2.21 bits per heavy atom. The first-order valence-corrected chi connectivity index (χ1v) is 7.10. The molecule has 1 fully saturated rings. The fourth-order valence-electron chi connectivity index (χ4n) is 2.98. The summed E-state index contributed by atoms with van der Waals surface area (Å²) in [6, 6.07) is 0. The minimum Gasteiger partial charge on any atom is -0.394 e. The highest BCUT2D eigenvalue weighted by Crippen LogP contribution is 2.33. The Bertz CT molecular complexity index is 425. The monoisotopic (exact) mass is 266 g/mol. The Morgan fingerprint density at radius 3 is 2.79 bits per heavy atom. The van der Waals surface area contributed by atoms with Crippen molar-refractivity contribution in [2.75, 3.05) is 37.4 Å². The molecule has 108 valence electrons. The molecule has 1 unspecified atom stereocenters. The van der Waals surface area contributed by atoms with Crippen LogP contribution in [0.25, 0.3) is 0 Å². The van der Waals surface area contributed by atoms with Crippen LogP contribution in [-0.2, 0) is 11.8 Å². The maximum atomic E-state index is 6.30. The van der Waals surface area contributed by atoms with Gasteiger partial charge in [0.25, 0.3) is 0 Å². The van der Waals surface area contributed by atoms with Gasteiger partial charge in [-0.2, -0.15) is 5.10 Å². The second-order valence-corrected chi connectivity index (χ2v) is 5.81. The largest absolute Gasteiger partial charge is 0.394 e. The van der Waals surface area contributed by atoms with Crippen LogP contribution in [0.3, 0.4) is 0 Å². The lowest BCUT2D eigenvalue weighted by atomic mass is 9.99. The summed E-state index contributed by atoms with van der Waals surface area (Å²) in [5.74, 6) is 2.03. The summed E-state index contributed by atoms with van der Waals surface area (Å²) in [6.07, 6.45) is 2.43. The summed E-state index contributed by atoms with van der Waals surface area (Å²) in [5, 5.41) is 4.57. The van der Waals surface area contributed by atoms with Gasteiger partial charge >= 0.3 is 0 Å². The van der Waals surface area contributed by atoms with Crippen LogP contribution in [0.1, 0.15) is 38.3 Å². The molecule has 1 atom stereocenters. The normalized spacial score (nSPS) is 20.3. The molecule has 1 aliphatic heterocycles. The van der Waals surface area contributed by atoms with Gasteiger partial charge in [0.15, 0.2) is 0 Å². The van der Waals surface area contributed by atoms with Gasteiger partial charge in [0.2, 0.25) is 0 Å². The van der Waals surface area contributed by atoms with Crippen molar-refractivity contribution in [2.45, 2.75) is 32.6 Å². The fraction of sp³-hybridized carbons (Fsp3) is 0.786. The molecule has 0 amide bonds. The van der Waals surface area contributed by atoms with Crippen LogP contribution in [0.4, 0.5) is 11.5 Å². The lowest BCUT2D eigenvalue weighted by Crippen LogP contribution is -2.38. The number of nitrogen functional groups attached to an aromatic ring is 1. The third kappa shape index (κ3) is 2.86. The Balaban J connectivity index is 2.21. The highest BCUT2D eigenvalue weighted by atomic mass is 16.5. The summed E-state index contributed by atoms with van der Waals surface area (Å²) in [7, 11) is 3.76. The molecule has 1 saturated heterocycles. The van der Waals surface area contributed by atoms with E-state index in [2.05, 4.69) is 23.8 Å². The van der Waals surface area contributed by atoms with E-state index in [0.717, 1.165) is 36.9 Å². The number of nitrogens with two attached hydrogens (primary N) is 1. The zero-order chi connectivity index (χ0) is 14.0. The lowest BCUT2D eigenvalue weighted by molar-refractivity contribution is 0.143. The van der Waals surface area contributed by atoms with Crippen LogP contribution in [-0.4, -0.2) is 36.6 Å². The Labute approximate surface area is 115 Å². The minimum absolute atomic E-state index is 0.361. The van der Waals surface area contributed by atoms with E-state index in [1.807, 2.05) is 11.7 Å². The SMILES string of the molecule is COCC1CCCN(c2c(N)c(C(C)C)nn2C)C1. The number of aryl methyl sites for hydroxylation is 1. The van der Waals surface area contributed by atoms with Crippen molar-refractivity contribution < 1.29 is 4.74 Å². The van der Waals surface area contributed by atoms with E-state index in [-0.39, 0.29) is 0 Å². The van der Waals surface area contributed by atoms with Gasteiger partial charge in [0.05, 0.1) is 18.0 Å². The van der Waals surface area contributed by atoms with E-state index in [1.165, 1.54) is 12.8 Å². The molecule has 5 nitrogen and oxygen atoms in total. The summed E-state index contributed by atoms with van der Waals surface area (Å²) < 4.78 is 7.22. The zero-order valence-corrected chi connectivity index (χ0v) is 12.5. The van der Waals surface area contributed by atoms with Crippen LogP contribution in [0.5, 0.6) is 0 Å². The number of piperidine rings is 1. The van der Waals surface area contributed by atoms with Crippen molar-refractivity contribution in [3.05, 3.63) is 5.69 Å². The van der Waals surface area contributed by atoms with Crippen molar-refractivity contribution in [1.82, 2.24) is 9.78 Å². The Kier molecular flexibility index (Phi) is 4.34. The Hall–Kier alpha value is -1.23. The number of hydrogen-bond acceptors (Lipinski definition) is 4. The number of rotatable bonds is 4. The molecule has 5 heteroatoms. The van der Waals surface area contributed by atoms with Crippen LogP contribution >= 0.6 is 0 Å². The van der Waals surface area contributed by atoms with E-state index in [9.17, 15) is 0 Å². The molecule has 0 aromatic carbocycles. The van der Waals surface area contributed by atoms with Gasteiger partial charge in [-0.1, -0.05) is 13.8 Å². The molecule has 0 saturated carbocycles. The van der Waals surface area contributed by atoms with Gasteiger partial charge < -0.3 is 15.4 Å². The number of ether oxygens (including phenoxy) is 1. The highest BCUT2D eigenvalue weighted by Gasteiger charge is 2.26. The average molecular weight is 266 g/mol. The first-order chi connectivity index (χ1) is 9.04. The van der Waals surface area contributed by atoms with Crippen LogP contribution in [0, 0.1) is 5.92 Å². The number of anilines is 2. The molecule has 2 rings (SSSR count). The summed E-state index contributed by atoms with van der Waals surface area (Å²) in [4.78, 5) is 2.36. The van der Waals surface area contributed by atoms with Gasteiger partial charge in [-0.05, 0) is 24.7 Å². The number of nitrogens with zero attached hydrogens (tertiary/aromatic N) is 3. The molecule has 2 heterocycles.